The first-order valence-corrected chi connectivity index (χ1v) is 8.92. The smallest absolute Gasteiger partial charge is 0.431 e. The zero-order chi connectivity index (χ0) is 18.7. The highest BCUT2D eigenvalue weighted by Gasteiger charge is 2.46. The van der Waals surface area contributed by atoms with Crippen LogP contribution in [0.3, 0.4) is 0 Å². The molecule has 0 aromatic rings. The molecule has 8 nitrogen and oxygen atoms in total. The van der Waals surface area contributed by atoms with Gasteiger partial charge in [0.1, 0.15) is 24.4 Å². The van der Waals surface area contributed by atoms with E-state index in [9.17, 15) is 20.1 Å². The second-order valence-electron chi connectivity index (χ2n) is 7.54. The Morgan fingerprint density at radius 1 is 1.16 bits per heavy atom. The summed E-state index contributed by atoms with van der Waals surface area (Å²) in [4.78, 5) is 12.2. The van der Waals surface area contributed by atoms with Gasteiger partial charge >= 0.3 is 6.16 Å². The zero-order valence-electron chi connectivity index (χ0n) is 14.9. The fraction of sp³-hybridized carbons (Fsp3) is 0.941. The highest BCUT2D eigenvalue weighted by molar-refractivity contribution is 5.60. The van der Waals surface area contributed by atoms with E-state index in [-0.39, 0.29) is 12.0 Å². The van der Waals surface area contributed by atoms with Gasteiger partial charge in [-0.2, -0.15) is 0 Å². The van der Waals surface area contributed by atoms with Crippen LogP contribution in [0, 0.1) is 17.8 Å². The predicted molar refractivity (Wildman–Crippen MR) is 86.5 cm³/mol. The van der Waals surface area contributed by atoms with Crippen molar-refractivity contribution in [2.75, 3.05) is 6.61 Å². The number of rotatable bonds is 4. The Morgan fingerprint density at radius 3 is 2.44 bits per heavy atom. The molecule has 0 bridgehead atoms. The summed E-state index contributed by atoms with van der Waals surface area (Å²) in [5.74, 6) is 1.02. The van der Waals surface area contributed by atoms with E-state index in [1.54, 1.807) is 0 Å². The van der Waals surface area contributed by atoms with Gasteiger partial charge < -0.3 is 34.6 Å². The minimum absolute atomic E-state index is 0.226. The number of carbonyl (C=O) groups is 1. The van der Waals surface area contributed by atoms with Gasteiger partial charge in [-0.25, -0.2) is 4.79 Å². The molecule has 146 valence electrons. The lowest BCUT2D eigenvalue weighted by molar-refractivity contribution is -0.288. The maximum atomic E-state index is 12.2. The minimum Gasteiger partial charge on any atom is -0.431 e. The van der Waals surface area contributed by atoms with Gasteiger partial charge in [0, 0.05) is 0 Å². The van der Waals surface area contributed by atoms with E-state index in [4.69, 9.17) is 19.3 Å². The van der Waals surface area contributed by atoms with Gasteiger partial charge in [0.05, 0.1) is 6.61 Å². The Kier molecular flexibility index (Phi) is 7.04. The molecule has 25 heavy (non-hydrogen) atoms. The van der Waals surface area contributed by atoms with Gasteiger partial charge in [-0.3, -0.25) is 0 Å². The fourth-order valence-electron chi connectivity index (χ4n) is 3.72. The molecule has 8 atom stereocenters. The van der Waals surface area contributed by atoms with E-state index in [0.29, 0.717) is 11.8 Å². The number of aliphatic hydroxyl groups is 4. The summed E-state index contributed by atoms with van der Waals surface area (Å²) in [7, 11) is 0. The first-order valence-electron chi connectivity index (χ1n) is 8.92. The highest BCUT2D eigenvalue weighted by Crippen LogP contribution is 2.35. The van der Waals surface area contributed by atoms with E-state index in [1.807, 2.05) is 0 Å². The van der Waals surface area contributed by atoms with Crippen molar-refractivity contribution in [3.05, 3.63) is 0 Å². The lowest BCUT2D eigenvalue weighted by atomic mass is 9.75. The van der Waals surface area contributed by atoms with Crippen LogP contribution in [0.2, 0.25) is 0 Å². The van der Waals surface area contributed by atoms with Crippen molar-refractivity contribution in [2.24, 2.45) is 17.8 Å². The van der Waals surface area contributed by atoms with Gasteiger partial charge in [-0.05, 0) is 30.6 Å². The van der Waals surface area contributed by atoms with Crippen LogP contribution in [0.1, 0.15) is 40.0 Å². The number of ether oxygens (including phenoxy) is 3. The van der Waals surface area contributed by atoms with Crippen molar-refractivity contribution in [1.82, 2.24) is 0 Å². The average molecular weight is 362 g/mol. The normalized spacial score (nSPS) is 42.2. The molecule has 8 heteroatoms. The maximum Gasteiger partial charge on any atom is 0.509 e. The third kappa shape index (κ3) is 4.83. The molecule has 1 saturated heterocycles. The van der Waals surface area contributed by atoms with E-state index in [1.165, 1.54) is 0 Å². The summed E-state index contributed by atoms with van der Waals surface area (Å²) in [6.45, 7) is 5.68. The molecule has 1 heterocycles. The standard InChI is InChI=1S/C17H30O8/c1-8(2)10-5-4-9(3)6-11(10)24-17(22)25-15-13(19)12(7-18)23-16(21)14(15)20/h8-16,18-21H,4-7H2,1-3H3/t9?,10?,11?,12-,13-,14-,15+,16?/m1/s1. The number of aliphatic hydroxyl groups excluding tert-OH is 4. The topological polar surface area (TPSA) is 126 Å². The molecule has 0 amide bonds. The summed E-state index contributed by atoms with van der Waals surface area (Å²) in [5.41, 5.74) is 0. The first kappa shape index (κ1) is 20.4. The molecule has 0 aromatic heterocycles. The number of carbonyl (C=O) groups excluding carboxylic acids is 1. The molecular formula is C17H30O8. The van der Waals surface area contributed by atoms with Crippen molar-refractivity contribution < 1.29 is 39.4 Å². The molecule has 1 saturated carbocycles. The van der Waals surface area contributed by atoms with Crippen molar-refractivity contribution >= 4 is 6.16 Å². The molecule has 0 spiro atoms. The molecule has 4 N–H and O–H groups in total. The van der Waals surface area contributed by atoms with E-state index in [2.05, 4.69) is 20.8 Å². The molecule has 0 radical (unpaired) electrons. The summed E-state index contributed by atoms with van der Waals surface area (Å²) in [6, 6.07) is 0. The number of hydrogen-bond donors (Lipinski definition) is 4. The van der Waals surface area contributed by atoms with Crippen LogP contribution < -0.4 is 0 Å². The Balaban J connectivity index is 1.99. The SMILES string of the molecule is CC1CCC(C(C)C)C(OC(=O)O[C@H]2[C@H](O)[C@@H](CO)OC(O)[C@@H]2O)C1. The second kappa shape index (κ2) is 8.64. The summed E-state index contributed by atoms with van der Waals surface area (Å²) < 4.78 is 15.4. The summed E-state index contributed by atoms with van der Waals surface area (Å²) in [5, 5.41) is 38.8. The van der Waals surface area contributed by atoms with Crippen LogP contribution in [0.25, 0.3) is 0 Å². The molecule has 1 aliphatic heterocycles. The molecule has 2 rings (SSSR count). The van der Waals surface area contributed by atoms with Crippen molar-refractivity contribution in [2.45, 2.75) is 76.8 Å². The predicted octanol–water partition coefficient (Wildman–Crippen LogP) is 0.400. The van der Waals surface area contributed by atoms with Crippen LogP contribution >= 0.6 is 0 Å². The Morgan fingerprint density at radius 2 is 1.84 bits per heavy atom. The lowest BCUT2D eigenvalue weighted by Crippen LogP contribution is -2.60. The number of hydrogen-bond acceptors (Lipinski definition) is 8. The zero-order valence-corrected chi connectivity index (χ0v) is 14.9. The van der Waals surface area contributed by atoms with Crippen LogP contribution in [-0.4, -0.2) is 70.0 Å². The van der Waals surface area contributed by atoms with E-state index in [0.717, 1.165) is 19.3 Å². The monoisotopic (exact) mass is 362 g/mol. The average Bonchev–Trinajstić information content (AvgIpc) is 2.54. The fourth-order valence-corrected chi connectivity index (χ4v) is 3.72. The Bertz CT molecular complexity index is 442. The minimum atomic E-state index is -1.67. The van der Waals surface area contributed by atoms with Crippen molar-refractivity contribution in [1.29, 1.82) is 0 Å². The summed E-state index contributed by atoms with van der Waals surface area (Å²) in [6.07, 6.45) is -5.87. The molecule has 2 fully saturated rings. The van der Waals surface area contributed by atoms with Gasteiger partial charge in [0.2, 0.25) is 0 Å². The second-order valence-corrected chi connectivity index (χ2v) is 7.54. The van der Waals surface area contributed by atoms with Crippen LogP contribution in [-0.2, 0) is 14.2 Å². The van der Waals surface area contributed by atoms with Crippen LogP contribution in [0.4, 0.5) is 4.79 Å². The van der Waals surface area contributed by atoms with Crippen molar-refractivity contribution in [3.8, 4) is 0 Å². The summed E-state index contributed by atoms with van der Waals surface area (Å²) >= 11 is 0. The van der Waals surface area contributed by atoms with E-state index < -0.39 is 43.5 Å². The van der Waals surface area contributed by atoms with Gasteiger partial charge in [0.25, 0.3) is 0 Å². The Hall–Kier alpha value is -0.930. The van der Waals surface area contributed by atoms with Gasteiger partial charge in [0.15, 0.2) is 12.4 Å². The maximum absolute atomic E-state index is 12.2. The first-order chi connectivity index (χ1) is 11.7. The van der Waals surface area contributed by atoms with E-state index >= 15 is 0 Å². The largest absolute Gasteiger partial charge is 0.509 e. The van der Waals surface area contributed by atoms with Crippen LogP contribution in [0.15, 0.2) is 0 Å². The van der Waals surface area contributed by atoms with Gasteiger partial charge in [-0.1, -0.05) is 27.2 Å². The molecule has 4 unspecified atom stereocenters. The highest BCUT2D eigenvalue weighted by atomic mass is 16.7. The quantitative estimate of drug-likeness (QED) is 0.530. The molecular weight excluding hydrogens is 332 g/mol. The van der Waals surface area contributed by atoms with Gasteiger partial charge in [-0.15, -0.1) is 0 Å². The lowest BCUT2D eigenvalue weighted by Gasteiger charge is -2.40. The third-order valence-corrected chi connectivity index (χ3v) is 5.28. The van der Waals surface area contributed by atoms with Crippen molar-refractivity contribution in [3.63, 3.8) is 0 Å². The van der Waals surface area contributed by atoms with Crippen LogP contribution in [0.5, 0.6) is 0 Å². The molecule has 2 aliphatic rings. The molecule has 0 aromatic carbocycles. The molecule has 1 aliphatic carbocycles. The Labute approximate surface area is 147 Å². The third-order valence-electron chi connectivity index (χ3n) is 5.28.